The number of carbonyl (C=O) groups is 1. The molecule has 13 heteroatoms. The lowest BCUT2D eigenvalue weighted by Crippen LogP contribution is -2.60. The number of hydrogen-bond acceptors (Lipinski definition) is 6. The first-order valence-corrected chi connectivity index (χ1v) is 14.6. The lowest BCUT2D eigenvalue weighted by Gasteiger charge is -2.38. The molecule has 1 amide bonds. The average molecular weight is 582 g/mol. The van der Waals surface area contributed by atoms with Gasteiger partial charge in [0.05, 0.1) is 21.0 Å². The summed E-state index contributed by atoms with van der Waals surface area (Å²) in [6.07, 6.45) is 1.29. The van der Waals surface area contributed by atoms with Crippen LogP contribution in [0.15, 0.2) is 93.8 Å². The second-order valence-electron chi connectivity index (χ2n) is 8.02. The van der Waals surface area contributed by atoms with Gasteiger partial charge >= 0.3 is 0 Å². The minimum Gasteiger partial charge on any atom is -0.271 e. The Bertz CT molecular complexity index is 1520. The monoisotopic (exact) mass is 580 g/mol. The average Bonchev–Trinajstić information content (AvgIpc) is 2.90. The molecule has 0 aliphatic carbocycles. The van der Waals surface area contributed by atoms with E-state index in [1.165, 1.54) is 36.5 Å². The van der Waals surface area contributed by atoms with Crippen molar-refractivity contribution in [3.8, 4) is 0 Å². The Labute approximate surface area is 225 Å². The number of piperazine rings is 1. The number of sulfonamides is 2. The Morgan fingerprint density at radius 1 is 0.865 bits per heavy atom. The number of hydrogen-bond donors (Lipinski definition) is 1. The third-order valence-corrected chi connectivity index (χ3v) is 10.0. The van der Waals surface area contributed by atoms with Crippen LogP contribution in [0.3, 0.4) is 0 Å². The summed E-state index contributed by atoms with van der Waals surface area (Å²) in [6.45, 7) is -0.753. The zero-order chi connectivity index (χ0) is 26.6. The van der Waals surface area contributed by atoms with Gasteiger partial charge in [0.25, 0.3) is 5.91 Å². The summed E-state index contributed by atoms with van der Waals surface area (Å²) in [5.74, 6) is -0.797. The lowest BCUT2D eigenvalue weighted by atomic mass is 10.2. The molecule has 3 aromatic carbocycles. The minimum atomic E-state index is -4.12. The predicted octanol–water partition coefficient (Wildman–Crippen LogP) is 3.21. The normalized spacial score (nSPS) is 17.6. The number of halogens is 2. The quantitative estimate of drug-likeness (QED) is 0.340. The molecular formula is C24H22Cl2N4O5S2. The molecule has 0 saturated carbocycles. The number of rotatable bonds is 7. The van der Waals surface area contributed by atoms with E-state index in [9.17, 15) is 21.6 Å². The molecule has 1 N–H and O–H groups in total. The van der Waals surface area contributed by atoms with Crippen LogP contribution in [0, 0.1) is 0 Å². The molecule has 1 heterocycles. The summed E-state index contributed by atoms with van der Waals surface area (Å²) in [7, 11) is -8.09. The first-order chi connectivity index (χ1) is 17.6. The van der Waals surface area contributed by atoms with Gasteiger partial charge in [0.1, 0.15) is 6.04 Å². The highest BCUT2D eigenvalue weighted by Gasteiger charge is 2.43. The zero-order valence-corrected chi connectivity index (χ0v) is 22.4. The van der Waals surface area contributed by atoms with Crippen LogP contribution in [-0.4, -0.2) is 63.2 Å². The van der Waals surface area contributed by atoms with Crippen LogP contribution >= 0.6 is 23.2 Å². The second-order valence-corrected chi connectivity index (χ2v) is 12.7. The third kappa shape index (κ3) is 6.03. The van der Waals surface area contributed by atoms with Gasteiger partial charge in [-0.3, -0.25) is 4.79 Å². The standard InChI is InChI=1S/C24H22Cl2N4O5S2/c25-19-12-11-18(22(26)15-19)16-27-28-24(31)23-17-29(36(32,33)20-7-3-1-4-8-20)13-14-30(23)37(34,35)21-9-5-2-6-10-21/h1-12,15-16,23H,13-14,17H2,(H,28,31)/b27-16-/t23-/m1/s1. The van der Waals surface area contributed by atoms with E-state index in [-0.39, 0.29) is 22.9 Å². The van der Waals surface area contributed by atoms with E-state index >= 15 is 0 Å². The smallest absolute Gasteiger partial charge is 0.259 e. The molecule has 37 heavy (non-hydrogen) atoms. The van der Waals surface area contributed by atoms with E-state index in [4.69, 9.17) is 23.2 Å². The van der Waals surface area contributed by atoms with E-state index in [2.05, 4.69) is 10.5 Å². The molecule has 194 valence electrons. The van der Waals surface area contributed by atoms with Gasteiger partial charge in [-0.05, 0) is 36.4 Å². The number of carbonyl (C=O) groups excluding carboxylic acids is 1. The molecule has 0 radical (unpaired) electrons. The van der Waals surface area contributed by atoms with Gasteiger partial charge < -0.3 is 0 Å². The van der Waals surface area contributed by atoms with Crippen molar-refractivity contribution in [1.29, 1.82) is 0 Å². The molecule has 1 aliphatic heterocycles. The van der Waals surface area contributed by atoms with Gasteiger partial charge in [-0.15, -0.1) is 0 Å². The number of hydrazone groups is 1. The molecule has 3 aromatic rings. The second kappa shape index (κ2) is 11.3. The number of nitrogens with one attached hydrogen (secondary N) is 1. The fourth-order valence-electron chi connectivity index (χ4n) is 3.78. The summed E-state index contributed by atoms with van der Waals surface area (Å²) in [4.78, 5) is 13.3. The van der Waals surface area contributed by atoms with E-state index in [1.807, 2.05) is 0 Å². The van der Waals surface area contributed by atoms with Gasteiger partial charge in [-0.1, -0.05) is 65.7 Å². The van der Waals surface area contributed by atoms with Crippen molar-refractivity contribution in [2.24, 2.45) is 5.10 Å². The topological polar surface area (TPSA) is 116 Å². The summed E-state index contributed by atoms with van der Waals surface area (Å²) < 4.78 is 55.4. The molecule has 4 rings (SSSR count). The van der Waals surface area contributed by atoms with Crippen LogP contribution in [0.4, 0.5) is 0 Å². The van der Waals surface area contributed by atoms with Crippen molar-refractivity contribution in [1.82, 2.24) is 14.0 Å². The number of nitrogens with zero attached hydrogens (tertiary/aromatic N) is 3. The summed E-state index contributed by atoms with van der Waals surface area (Å²) in [5, 5.41) is 4.63. The Morgan fingerprint density at radius 3 is 2.05 bits per heavy atom. The zero-order valence-electron chi connectivity index (χ0n) is 19.2. The van der Waals surface area contributed by atoms with E-state index in [0.717, 1.165) is 8.61 Å². The van der Waals surface area contributed by atoms with Gasteiger partial charge in [-0.25, -0.2) is 22.3 Å². The van der Waals surface area contributed by atoms with Crippen LogP contribution in [0.5, 0.6) is 0 Å². The summed E-state index contributed by atoms with van der Waals surface area (Å²) >= 11 is 12.0. The third-order valence-electron chi connectivity index (χ3n) is 5.67. The molecule has 0 aromatic heterocycles. The van der Waals surface area contributed by atoms with E-state index in [1.54, 1.807) is 48.5 Å². The molecule has 9 nitrogen and oxygen atoms in total. The van der Waals surface area contributed by atoms with Crippen molar-refractivity contribution in [3.05, 3.63) is 94.5 Å². The number of amides is 1. The molecular weight excluding hydrogens is 559 g/mol. The summed E-state index contributed by atoms with van der Waals surface area (Å²) in [6, 6.07) is 18.7. The van der Waals surface area contributed by atoms with Crippen molar-refractivity contribution in [2.75, 3.05) is 19.6 Å². The van der Waals surface area contributed by atoms with Crippen molar-refractivity contribution < 1.29 is 21.6 Å². The first kappa shape index (κ1) is 27.2. The predicted molar refractivity (Wildman–Crippen MR) is 142 cm³/mol. The maximum absolute atomic E-state index is 13.4. The van der Waals surface area contributed by atoms with E-state index < -0.39 is 38.5 Å². The molecule has 1 aliphatic rings. The van der Waals surface area contributed by atoms with Crippen LogP contribution in [0.2, 0.25) is 10.0 Å². The van der Waals surface area contributed by atoms with E-state index in [0.29, 0.717) is 15.6 Å². The van der Waals surface area contributed by atoms with Crippen LogP contribution in [0.25, 0.3) is 0 Å². The number of benzene rings is 3. The first-order valence-electron chi connectivity index (χ1n) is 11.0. The molecule has 1 atom stereocenters. The fourth-order valence-corrected chi connectivity index (χ4v) is 7.28. The molecule has 0 spiro atoms. The molecule has 0 bridgehead atoms. The van der Waals surface area contributed by atoms with Crippen LogP contribution in [0.1, 0.15) is 5.56 Å². The highest BCUT2D eigenvalue weighted by molar-refractivity contribution is 7.89. The molecule has 0 unspecified atom stereocenters. The highest BCUT2D eigenvalue weighted by Crippen LogP contribution is 2.25. The fraction of sp³-hybridized carbons (Fsp3) is 0.167. The van der Waals surface area contributed by atoms with Crippen LogP contribution < -0.4 is 5.43 Å². The Kier molecular flexibility index (Phi) is 8.32. The van der Waals surface area contributed by atoms with Gasteiger partial charge in [-0.2, -0.15) is 13.7 Å². The Hall–Kier alpha value is -2.80. The minimum absolute atomic E-state index is 0.0105. The lowest BCUT2D eigenvalue weighted by molar-refractivity contribution is -0.125. The van der Waals surface area contributed by atoms with Gasteiger partial charge in [0.15, 0.2) is 0 Å². The molecule has 1 fully saturated rings. The van der Waals surface area contributed by atoms with Crippen molar-refractivity contribution >= 4 is 55.4 Å². The maximum Gasteiger partial charge on any atom is 0.259 e. The highest BCUT2D eigenvalue weighted by atomic mass is 35.5. The maximum atomic E-state index is 13.4. The van der Waals surface area contributed by atoms with Gasteiger partial charge in [0, 0.05) is 30.2 Å². The largest absolute Gasteiger partial charge is 0.271 e. The van der Waals surface area contributed by atoms with Crippen molar-refractivity contribution in [3.63, 3.8) is 0 Å². The van der Waals surface area contributed by atoms with Gasteiger partial charge in [0.2, 0.25) is 20.0 Å². The Balaban J connectivity index is 1.63. The SMILES string of the molecule is O=C(N/N=C\c1ccc(Cl)cc1Cl)[C@H]1CN(S(=O)(=O)c2ccccc2)CCN1S(=O)(=O)c1ccccc1. The summed E-state index contributed by atoms with van der Waals surface area (Å²) in [5.41, 5.74) is 2.79. The Morgan fingerprint density at radius 2 is 1.46 bits per heavy atom. The van der Waals surface area contributed by atoms with Crippen LogP contribution in [-0.2, 0) is 24.8 Å². The molecule has 1 saturated heterocycles. The van der Waals surface area contributed by atoms with Crippen molar-refractivity contribution in [2.45, 2.75) is 15.8 Å².